The van der Waals surface area contributed by atoms with E-state index in [1.54, 1.807) is 13.8 Å². The quantitative estimate of drug-likeness (QED) is 0.714. The van der Waals surface area contributed by atoms with Crippen molar-refractivity contribution in [2.45, 2.75) is 26.5 Å². The van der Waals surface area contributed by atoms with Gasteiger partial charge < -0.3 is 10.4 Å². The number of carbonyl (C=O) groups excluding carboxylic acids is 1. The first-order valence-corrected chi connectivity index (χ1v) is 5.09. The smallest absolute Gasteiger partial charge is 0.271 e. The van der Waals surface area contributed by atoms with Gasteiger partial charge in [0.15, 0.2) is 0 Å². The molecule has 0 saturated heterocycles. The predicted molar refractivity (Wildman–Crippen MR) is 58.2 cm³/mol. The second-order valence-corrected chi connectivity index (χ2v) is 3.43. The Morgan fingerprint density at radius 3 is 2.88 bits per heavy atom. The topological polar surface area (TPSA) is 84.2 Å². The normalized spacial score (nSPS) is 12.2. The van der Waals surface area contributed by atoms with Gasteiger partial charge in [0, 0.05) is 19.2 Å². The van der Waals surface area contributed by atoms with Crippen LogP contribution in [0.3, 0.4) is 0 Å². The van der Waals surface area contributed by atoms with Crippen LogP contribution in [0.15, 0.2) is 16.9 Å². The zero-order chi connectivity index (χ0) is 12.1. The van der Waals surface area contributed by atoms with Crippen molar-refractivity contribution in [3.63, 3.8) is 0 Å². The average molecular weight is 225 g/mol. The molecule has 0 aliphatic heterocycles. The number of hydrogen-bond acceptors (Lipinski definition) is 4. The molecule has 1 aromatic heterocycles. The maximum Gasteiger partial charge on any atom is 0.271 e. The number of aliphatic hydroxyl groups excluding tert-OH is 1. The van der Waals surface area contributed by atoms with Crippen LogP contribution in [-0.2, 0) is 6.54 Å². The number of nitrogens with one attached hydrogen (secondary N) is 1. The Balaban J connectivity index is 2.80. The third kappa shape index (κ3) is 3.16. The molecule has 88 valence electrons. The SMILES string of the molecule is CCn1nc(C(=O)NCC(C)O)ccc1=O. The van der Waals surface area contributed by atoms with Crippen molar-refractivity contribution in [1.29, 1.82) is 0 Å². The first kappa shape index (κ1) is 12.4. The molecule has 1 heterocycles. The Kier molecular flexibility index (Phi) is 4.19. The molecule has 0 spiro atoms. The molecule has 1 unspecified atom stereocenters. The zero-order valence-corrected chi connectivity index (χ0v) is 9.30. The summed E-state index contributed by atoms with van der Waals surface area (Å²) in [5.41, 5.74) is -0.0725. The summed E-state index contributed by atoms with van der Waals surface area (Å²) in [5, 5.41) is 15.4. The predicted octanol–water partition coefficient (Wildman–Crippen LogP) is -0.626. The van der Waals surface area contributed by atoms with Crippen molar-refractivity contribution in [2.75, 3.05) is 6.54 Å². The second kappa shape index (κ2) is 5.41. The van der Waals surface area contributed by atoms with E-state index in [0.717, 1.165) is 0 Å². The number of hydrogen-bond donors (Lipinski definition) is 2. The van der Waals surface area contributed by atoms with E-state index < -0.39 is 12.0 Å². The largest absolute Gasteiger partial charge is 0.392 e. The average Bonchev–Trinajstić information content (AvgIpc) is 2.26. The molecule has 0 radical (unpaired) electrons. The van der Waals surface area contributed by atoms with Crippen molar-refractivity contribution in [3.05, 3.63) is 28.2 Å². The summed E-state index contributed by atoms with van der Waals surface area (Å²) in [6.07, 6.45) is -0.610. The lowest BCUT2D eigenvalue weighted by Gasteiger charge is -2.07. The summed E-state index contributed by atoms with van der Waals surface area (Å²) in [7, 11) is 0. The van der Waals surface area contributed by atoms with Crippen LogP contribution in [-0.4, -0.2) is 33.4 Å². The standard InChI is InChI=1S/C10H15N3O3/c1-3-13-9(15)5-4-8(12-13)10(16)11-6-7(2)14/h4-5,7,14H,3,6H2,1-2H3,(H,11,16). The van der Waals surface area contributed by atoms with Crippen molar-refractivity contribution < 1.29 is 9.90 Å². The van der Waals surface area contributed by atoms with Crippen molar-refractivity contribution in [3.8, 4) is 0 Å². The van der Waals surface area contributed by atoms with Crippen LogP contribution in [0.1, 0.15) is 24.3 Å². The van der Waals surface area contributed by atoms with E-state index in [1.165, 1.54) is 16.8 Å². The van der Waals surface area contributed by atoms with Gasteiger partial charge in [-0.25, -0.2) is 4.68 Å². The Morgan fingerprint density at radius 2 is 2.31 bits per heavy atom. The number of carbonyl (C=O) groups is 1. The van der Waals surface area contributed by atoms with Gasteiger partial charge in [0.2, 0.25) is 0 Å². The van der Waals surface area contributed by atoms with Crippen LogP contribution >= 0.6 is 0 Å². The van der Waals surface area contributed by atoms with Gasteiger partial charge in [-0.15, -0.1) is 0 Å². The molecule has 0 saturated carbocycles. The molecule has 1 aromatic rings. The monoisotopic (exact) mass is 225 g/mol. The first-order valence-electron chi connectivity index (χ1n) is 5.09. The number of aromatic nitrogens is 2. The number of nitrogens with zero attached hydrogens (tertiary/aromatic N) is 2. The van der Waals surface area contributed by atoms with E-state index >= 15 is 0 Å². The van der Waals surface area contributed by atoms with E-state index in [2.05, 4.69) is 10.4 Å². The lowest BCUT2D eigenvalue weighted by atomic mass is 10.3. The third-order valence-corrected chi connectivity index (χ3v) is 1.96. The Bertz CT molecular complexity index is 426. The molecule has 1 amide bonds. The molecule has 2 N–H and O–H groups in total. The Hall–Kier alpha value is -1.69. The summed E-state index contributed by atoms with van der Waals surface area (Å²) in [5.74, 6) is -0.400. The molecule has 0 aromatic carbocycles. The number of rotatable bonds is 4. The van der Waals surface area contributed by atoms with Gasteiger partial charge >= 0.3 is 0 Å². The Morgan fingerprint density at radius 1 is 1.62 bits per heavy atom. The first-order chi connectivity index (χ1) is 7.54. The molecule has 0 bridgehead atoms. The van der Waals surface area contributed by atoms with Crippen LogP contribution in [0, 0.1) is 0 Å². The lowest BCUT2D eigenvalue weighted by Crippen LogP contribution is -2.33. The second-order valence-electron chi connectivity index (χ2n) is 3.43. The molecule has 6 heteroatoms. The molecule has 6 nitrogen and oxygen atoms in total. The molecule has 0 aliphatic carbocycles. The van der Waals surface area contributed by atoms with Gasteiger partial charge in [0.05, 0.1) is 6.10 Å². The minimum atomic E-state index is -0.610. The van der Waals surface area contributed by atoms with Gasteiger partial charge in [0.25, 0.3) is 11.5 Å². The van der Waals surface area contributed by atoms with Gasteiger partial charge in [-0.2, -0.15) is 5.10 Å². The van der Waals surface area contributed by atoms with Crippen LogP contribution < -0.4 is 10.9 Å². The summed E-state index contributed by atoms with van der Waals surface area (Å²) in [6, 6.07) is 2.67. The third-order valence-electron chi connectivity index (χ3n) is 1.96. The highest BCUT2D eigenvalue weighted by atomic mass is 16.3. The number of aliphatic hydroxyl groups is 1. The van der Waals surface area contributed by atoms with Gasteiger partial charge in [-0.05, 0) is 19.9 Å². The fraction of sp³-hybridized carbons (Fsp3) is 0.500. The number of aryl methyl sites for hydroxylation is 1. The Labute approximate surface area is 92.9 Å². The van der Waals surface area contributed by atoms with Gasteiger partial charge in [-0.3, -0.25) is 9.59 Å². The number of amides is 1. The highest BCUT2D eigenvalue weighted by Crippen LogP contribution is 1.91. The minimum Gasteiger partial charge on any atom is -0.392 e. The van der Waals surface area contributed by atoms with Crippen LogP contribution in [0.25, 0.3) is 0 Å². The summed E-state index contributed by atoms with van der Waals surface area (Å²) in [6.45, 7) is 3.91. The van der Waals surface area contributed by atoms with Gasteiger partial charge in [0.1, 0.15) is 5.69 Å². The molecule has 1 rings (SSSR count). The summed E-state index contributed by atoms with van der Waals surface area (Å²) >= 11 is 0. The molecule has 0 aliphatic rings. The van der Waals surface area contributed by atoms with Crippen molar-refractivity contribution >= 4 is 5.91 Å². The molecule has 16 heavy (non-hydrogen) atoms. The molecule has 1 atom stereocenters. The maximum absolute atomic E-state index is 11.5. The fourth-order valence-electron chi connectivity index (χ4n) is 1.13. The minimum absolute atomic E-state index is 0.158. The van der Waals surface area contributed by atoms with E-state index in [4.69, 9.17) is 5.11 Å². The maximum atomic E-state index is 11.5. The van der Waals surface area contributed by atoms with Crippen molar-refractivity contribution in [2.24, 2.45) is 0 Å². The van der Waals surface area contributed by atoms with E-state index in [-0.39, 0.29) is 17.8 Å². The van der Waals surface area contributed by atoms with E-state index in [9.17, 15) is 9.59 Å². The highest BCUT2D eigenvalue weighted by molar-refractivity contribution is 5.91. The highest BCUT2D eigenvalue weighted by Gasteiger charge is 2.09. The van der Waals surface area contributed by atoms with Crippen LogP contribution in [0.4, 0.5) is 0 Å². The molecule has 0 fully saturated rings. The van der Waals surface area contributed by atoms with Crippen LogP contribution in [0.5, 0.6) is 0 Å². The van der Waals surface area contributed by atoms with Crippen LogP contribution in [0.2, 0.25) is 0 Å². The van der Waals surface area contributed by atoms with Gasteiger partial charge in [-0.1, -0.05) is 0 Å². The lowest BCUT2D eigenvalue weighted by molar-refractivity contribution is 0.0916. The molecular formula is C10H15N3O3. The zero-order valence-electron chi connectivity index (χ0n) is 9.30. The van der Waals surface area contributed by atoms with E-state index in [0.29, 0.717) is 6.54 Å². The summed E-state index contributed by atoms with van der Waals surface area (Å²) in [4.78, 5) is 22.7. The van der Waals surface area contributed by atoms with Crippen molar-refractivity contribution in [1.82, 2.24) is 15.1 Å². The fourth-order valence-corrected chi connectivity index (χ4v) is 1.13. The summed E-state index contributed by atoms with van der Waals surface area (Å²) < 4.78 is 1.21. The van der Waals surface area contributed by atoms with E-state index in [1.807, 2.05) is 0 Å². The molecular weight excluding hydrogens is 210 g/mol.